The van der Waals surface area contributed by atoms with Crippen LogP contribution in [0.1, 0.15) is 36.4 Å². The van der Waals surface area contributed by atoms with E-state index in [-0.39, 0.29) is 24.0 Å². The van der Waals surface area contributed by atoms with Crippen molar-refractivity contribution in [2.75, 3.05) is 6.61 Å². The average Bonchev–Trinajstić information content (AvgIpc) is 3.21. The molecule has 1 saturated carbocycles. The molecule has 0 aromatic carbocycles. The molecular formula is C13H13F2N3O2. The third-order valence-electron chi connectivity index (χ3n) is 3.33. The quantitative estimate of drug-likeness (QED) is 0.789. The number of ether oxygens (including phenoxy) is 1. The van der Waals surface area contributed by atoms with Gasteiger partial charge in [0.2, 0.25) is 5.88 Å². The Morgan fingerprint density at radius 3 is 2.90 bits per heavy atom. The molecule has 0 atom stereocenters. The molecule has 0 N–H and O–H groups in total. The number of nitrogens with zero attached hydrogens (tertiary/aromatic N) is 3. The minimum absolute atomic E-state index is 0.0187. The van der Waals surface area contributed by atoms with Crippen molar-refractivity contribution in [2.24, 2.45) is 7.05 Å². The van der Waals surface area contributed by atoms with Crippen LogP contribution in [0, 0.1) is 0 Å². The van der Waals surface area contributed by atoms with Crippen LogP contribution in [0.3, 0.4) is 0 Å². The normalized spacial score (nSPS) is 15.0. The van der Waals surface area contributed by atoms with Crippen LogP contribution in [0.25, 0.3) is 11.0 Å². The Bertz CT molecular complexity index is 665. The summed E-state index contributed by atoms with van der Waals surface area (Å²) >= 11 is 0. The summed E-state index contributed by atoms with van der Waals surface area (Å²) in [5.74, 6) is 0.269. The molecular weight excluding hydrogens is 268 g/mol. The van der Waals surface area contributed by atoms with Gasteiger partial charge in [-0.2, -0.15) is 10.1 Å². The number of carbonyl (C=O) groups is 1. The fourth-order valence-electron chi connectivity index (χ4n) is 2.29. The second-order valence-corrected chi connectivity index (χ2v) is 4.81. The van der Waals surface area contributed by atoms with E-state index in [0.29, 0.717) is 23.0 Å². The van der Waals surface area contributed by atoms with Gasteiger partial charge in [0, 0.05) is 24.6 Å². The largest absolute Gasteiger partial charge is 0.470 e. The van der Waals surface area contributed by atoms with Crippen LogP contribution in [-0.2, 0) is 11.8 Å². The lowest BCUT2D eigenvalue weighted by molar-refractivity contribution is -0.109. The molecule has 1 aliphatic carbocycles. The monoisotopic (exact) mass is 281 g/mol. The summed E-state index contributed by atoms with van der Waals surface area (Å²) in [6.45, 7) is -0.214. The van der Waals surface area contributed by atoms with Crippen molar-refractivity contribution in [2.45, 2.75) is 25.2 Å². The van der Waals surface area contributed by atoms with E-state index in [1.165, 1.54) is 10.7 Å². The molecule has 1 aliphatic rings. The summed E-state index contributed by atoms with van der Waals surface area (Å²) in [6, 6.07) is 1.20. The molecule has 7 heteroatoms. The number of fused-ring (bicyclic) bond motifs is 1. The lowest BCUT2D eigenvalue weighted by Gasteiger charge is -2.07. The molecule has 3 rings (SSSR count). The molecule has 106 valence electrons. The Morgan fingerprint density at radius 1 is 1.55 bits per heavy atom. The highest BCUT2D eigenvalue weighted by Crippen LogP contribution is 2.44. The third-order valence-corrected chi connectivity index (χ3v) is 3.33. The minimum Gasteiger partial charge on any atom is -0.470 e. The molecule has 0 unspecified atom stereocenters. The van der Waals surface area contributed by atoms with Crippen LogP contribution < -0.4 is 4.74 Å². The number of pyridine rings is 1. The van der Waals surface area contributed by atoms with Crippen LogP contribution in [0.15, 0.2) is 6.07 Å². The molecule has 0 saturated heterocycles. The smallest absolute Gasteiger partial charge is 0.264 e. The van der Waals surface area contributed by atoms with Crippen LogP contribution in [0.2, 0.25) is 0 Å². The summed E-state index contributed by atoms with van der Waals surface area (Å²) in [5.41, 5.74) is 0.920. The van der Waals surface area contributed by atoms with Crippen molar-refractivity contribution in [3.8, 4) is 5.88 Å². The SMILES string of the molecule is Cn1nc(C2CC2)c2c(C(F)F)cc(OCC=O)nc21. The molecule has 1 fully saturated rings. The summed E-state index contributed by atoms with van der Waals surface area (Å²) < 4.78 is 33.1. The second-order valence-electron chi connectivity index (χ2n) is 4.81. The standard InChI is InChI=1S/C13H13F2N3O2/c1-18-13-10(11(17-18)7-2-3-7)8(12(14)15)6-9(16-13)20-5-4-19/h4,6-7,12H,2-3,5H2,1H3. The van der Waals surface area contributed by atoms with E-state index >= 15 is 0 Å². The molecule has 2 aromatic heterocycles. The number of rotatable bonds is 5. The van der Waals surface area contributed by atoms with Crippen LogP contribution >= 0.6 is 0 Å². The van der Waals surface area contributed by atoms with Crippen LogP contribution in [0.5, 0.6) is 5.88 Å². The van der Waals surface area contributed by atoms with Gasteiger partial charge in [0.05, 0.1) is 11.1 Å². The van der Waals surface area contributed by atoms with E-state index in [9.17, 15) is 13.6 Å². The van der Waals surface area contributed by atoms with Gasteiger partial charge in [-0.25, -0.2) is 8.78 Å². The van der Waals surface area contributed by atoms with Gasteiger partial charge in [0.1, 0.15) is 6.61 Å². The summed E-state index contributed by atoms with van der Waals surface area (Å²) in [5, 5.41) is 4.73. The van der Waals surface area contributed by atoms with Crippen LogP contribution in [0.4, 0.5) is 8.78 Å². The summed E-state index contributed by atoms with van der Waals surface area (Å²) in [6.07, 6.45) is -0.149. The van der Waals surface area contributed by atoms with Crippen molar-refractivity contribution >= 4 is 17.3 Å². The van der Waals surface area contributed by atoms with Gasteiger partial charge in [-0.3, -0.25) is 9.48 Å². The van der Waals surface area contributed by atoms with Gasteiger partial charge in [0.15, 0.2) is 11.9 Å². The van der Waals surface area contributed by atoms with E-state index in [0.717, 1.165) is 12.8 Å². The van der Waals surface area contributed by atoms with E-state index < -0.39 is 6.43 Å². The number of aromatic nitrogens is 3. The van der Waals surface area contributed by atoms with Crippen molar-refractivity contribution < 1.29 is 18.3 Å². The predicted molar refractivity (Wildman–Crippen MR) is 67.0 cm³/mol. The molecule has 0 bridgehead atoms. The maximum Gasteiger partial charge on any atom is 0.264 e. The van der Waals surface area contributed by atoms with Gasteiger partial charge in [0.25, 0.3) is 6.43 Å². The van der Waals surface area contributed by atoms with Crippen molar-refractivity contribution in [3.63, 3.8) is 0 Å². The number of hydrogen-bond acceptors (Lipinski definition) is 4. The number of aryl methyl sites for hydroxylation is 1. The first-order valence-corrected chi connectivity index (χ1v) is 6.34. The lowest BCUT2D eigenvalue weighted by Crippen LogP contribution is -2.02. The Labute approximate surface area is 113 Å². The molecule has 0 aliphatic heterocycles. The Balaban J connectivity index is 2.19. The molecule has 5 nitrogen and oxygen atoms in total. The first kappa shape index (κ1) is 13.0. The van der Waals surface area contributed by atoms with E-state index in [1.54, 1.807) is 7.05 Å². The Kier molecular flexibility index (Phi) is 3.11. The van der Waals surface area contributed by atoms with E-state index in [4.69, 9.17) is 4.74 Å². The topological polar surface area (TPSA) is 57.0 Å². The zero-order chi connectivity index (χ0) is 14.3. The molecule has 0 amide bonds. The summed E-state index contributed by atoms with van der Waals surface area (Å²) in [4.78, 5) is 14.5. The first-order valence-electron chi connectivity index (χ1n) is 6.34. The fraction of sp³-hybridized carbons (Fsp3) is 0.462. The average molecular weight is 281 g/mol. The number of carbonyl (C=O) groups excluding carboxylic acids is 1. The predicted octanol–water partition coefficient (Wildman–Crippen LogP) is 2.36. The maximum absolute atomic E-state index is 13.3. The highest BCUT2D eigenvalue weighted by Gasteiger charge is 2.32. The first-order chi connectivity index (χ1) is 9.61. The van der Waals surface area contributed by atoms with Gasteiger partial charge < -0.3 is 4.74 Å². The van der Waals surface area contributed by atoms with Crippen molar-refractivity contribution in [3.05, 3.63) is 17.3 Å². The number of alkyl halides is 2. The molecule has 0 spiro atoms. The number of halogens is 2. The van der Waals surface area contributed by atoms with Gasteiger partial charge in [-0.1, -0.05) is 0 Å². The van der Waals surface area contributed by atoms with Gasteiger partial charge in [-0.05, 0) is 12.8 Å². The third kappa shape index (κ3) is 2.13. The molecule has 0 radical (unpaired) electrons. The Morgan fingerprint density at radius 2 is 2.30 bits per heavy atom. The molecule has 20 heavy (non-hydrogen) atoms. The van der Waals surface area contributed by atoms with Gasteiger partial charge >= 0.3 is 0 Å². The van der Waals surface area contributed by atoms with Crippen molar-refractivity contribution in [1.29, 1.82) is 0 Å². The van der Waals surface area contributed by atoms with Gasteiger partial charge in [-0.15, -0.1) is 0 Å². The molecule has 2 aromatic rings. The lowest BCUT2D eigenvalue weighted by atomic mass is 10.1. The fourth-order valence-corrected chi connectivity index (χ4v) is 2.29. The zero-order valence-electron chi connectivity index (χ0n) is 10.8. The Hall–Kier alpha value is -2.05. The number of aldehydes is 1. The van der Waals surface area contributed by atoms with E-state index in [1.807, 2.05) is 0 Å². The molecule has 2 heterocycles. The van der Waals surface area contributed by atoms with Crippen molar-refractivity contribution in [1.82, 2.24) is 14.8 Å². The second kappa shape index (κ2) is 4.81. The van der Waals surface area contributed by atoms with E-state index in [2.05, 4.69) is 10.1 Å². The highest BCUT2D eigenvalue weighted by atomic mass is 19.3. The highest BCUT2D eigenvalue weighted by molar-refractivity contribution is 5.84. The zero-order valence-corrected chi connectivity index (χ0v) is 10.8. The number of hydrogen-bond donors (Lipinski definition) is 0. The minimum atomic E-state index is -2.64. The van der Waals surface area contributed by atoms with Crippen LogP contribution in [-0.4, -0.2) is 27.7 Å². The summed E-state index contributed by atoms with van der Waals surface area (Å²) in [7, 11) is 1.67. The maximum atomic E-state index is 13.3.